The van der Waals surface area contributed by atoms with E-state index in [2.05, 4.69) is 28.4 Å². The summed E-state index contributed by atoms with van der Waals surface area (Å²) in [5.41, 5.74) is 2.92. The Hall–Kier alpha value is -1.76. The Morgan fingerprint density at radius 2 is 1.84 bits per heavy atom. The normalized spacial score (nSPS) is 24.7. The molecule has 1 saturated carbocycles. The van der Waals surface area contributed by atoms with Crippen LogP contribution in [-0.2, 0) is 11.2 Å². The van der Waals surface area contributed by atoms with Crippen LogP contribution in [0.3, 0.4) is 0 Å². The van der Waals surface area contributed by atoms with E-state index in [0.717, 1.165) is 64.1 Å². The summed E-state index contributed by atoms with van der Waals surface area (Å²) < 4.78 is 42.5. The highest BCUT2D eigenvalue weighted by Gasteiger charge is 2.30. The summed E-state index contributed by atoms with van der Waals surface area (Å²) in [4.78, 5) is 14.3. The van der Waals surface area contributed by atoms with Gasteiger partial charge in [-0.15, -0.1) is 0 Å². The SMILES string of the molecule is O=C(CCC(F)(F)F)N[C@H]1CC[C@H](CCN2CCC(c3cccc4c3CCO4)CC2)CC1. The predicted molar refractivity (Wildman–Crippen MR) is 118 cm³/mol. The number of nitrogens with one attached hydrogen (secondary N) is 1. The van der Waals surface area contributed by atoms with Gasteiger partial charge in [0.25, 0.3) is 0 Å². The van der Waals surface area contributed by atoms with E-state index in [1.54, 1.807) is 0 Å². The number of likely N-dealkylation sites (tertiary alicyclic amines) is 1. The molecule has 4 rings (SSSR count). The highest BCUT2D eigenvalue weighted by Crippen LogP contribution is 2.37. The number of hydrogen-bond acceptors (Lipinski definition) is 3. The molecule has 0 atom stereocenters. The fourth-order valence-electron chi connectivity index (χ4n) is 5.61. The van der Waals surface area contributed by atoms with E-state index in [1.165, 1.54) is 30.4 Å². The maximum absolute atomic E-state index is 12.3. The van der Waals surface area contributed by atoms with Crippen LogP contribution in [0.1, 0.15) is 74.8 Å². The Kier molecular flexibility index (Phi) is 7.64. The maximum atomic E-state index is 12.3. The van der Waals surface area contributed by atoms with Crippen molar-refractivity contribution in [2.24, 2.45) is 5.92 Å². The lowest BCUT2D eigenvalue weighted by Crippen LogP contribution is -2.39. The summed E-state index contributed by atoms with van der Waals surface area (Å²) in [6.07, 6.45) is 2.72. The molecule has 1 N–H and O–H groups in total. The van der Waals surface area contributed by atoms with Crippen molar-refractivity contribution in [3.63, 3.8) is 0 Å². The number of alkyl halides is 3. The maximum Gasteiger partial charge on any atom is 0.389 e. The molecule has 1 amide bonds. The van der Waals surface area contributed by atoms with Gasteiger partial charge in [-0.25, -0.2) is 0 Å². The van der Waals surface area contributed by atoms with Gasteiger partial charge in [-0.1, -0.05) is 12.1 Å². The molecule has 0 unspecified atom stereocenters. The van der Waals surface area contributed by atoms with Crippen LogP contribution in [0.25, 0.3) is 0 Å². The first-order valence-electron chi connectivity index (χ1n) is 12.2. The van der Waals surface area contributed by atoms with Crippen LogP contribution in [-0.4, -0.2) is 49.3 Å². The van der Waals surface area contributed by atoms with Crippen LogP contribution in [0.2, 0.25) is 0 Å². The van der Waals surface area contributed by atoms with Crippen molar-refractivity contribution < 1.29 is 22.7 Å². The van der Waals surface area contributed by atoms with Crippen LogP contribution in [0, 0.1) is 5.92 Å². The second kappa shape index (κ2) is 10.4. The lowest BCUT2D eigenvalue weighted by atomic mass is 9.83. The quantitative estimate of drug-likeness (QED) is 0.618. The molecule has 32 heavy (non-hydrogen) atoms. The second-order valence-electron chi connectivity index (χ2n) is 9.73. The van der Waals surface area contributed by atoms with E-state index < -0.39 is 24.9 Å². The van der Waals surface area contributed by atoms with Gasteiger partial charge >= 0.3 is 6.18 Å². The van der Waals surface area contributed by atoms with Crippen molar-refractivity contribution >= 4 is 5.91 Å². The summed E-state index contributed by atoms with van der Waals surface area (Å²) in [5.74, 6) is 1.91. The molecule has 1 saturated heterocycles. The molecule has 0 bridgehead atoms. The number of benzene rings is 1. The van der Waals surface area contributed by atoms with Crippen LogP contribution in [0.5, 0.6) is 5.75 Å². The first-order chi connectivity index (χ1) is 15.4. The summed E-state index contributed by atoms with van der Waals surface area (Å²) in [6.45, 7) is 4.21. The van der Waals surface area contributed by atoms with Crippen LogP contribution >= 0.6 is 0 Å². The average molecular weight is 453 g/mol. The molecule has 2 heterocycles. The van der Waals surface area contributed by atoms with Gasteiger partial charge in [-0.3, -0.25) is 4.79 Å². The molecule has 7 heteroatoms. The predicted octanol–water partition coefficient (Wildman–Crippen LogP) is 5.21. The number of ether oxygens (including phenoxy) is 1. The Morgan fingerprint density at radius 1 is 1.09 bits per heavy atom. The average Bonchev–Trinajstić information content (AvgIpc) is 3.26. The molecular weight excluding hydrogens is 417 g/mol. The van der Waals surface area contributed by atoms with Gasteiger partial charge in [-0.05, 0) is 88.0 Å². The van der Waals surface area contributed by atoms with Crippen molar-refractivity contribution in [3.8, 4) is 5.75 Å². The number of nitrogens with zero attached hydrogens (tertiary/aromatic N) is 1. The Balaban J connectivity index is 1.12. The van der Waals surface area contributed by atoms with E-state index in [0.29, 0.717) is 11.8 Å². The van der Waals surface area contributed by atoms with Gasteiger partial charge in [0.05, 0.1) is 13.0 Å². The molecule has 0 radical (unpaired) electrons. The molecule has 4 nitrogen and oxygen atoms in total. The second-order valence-corrected chi connectivity index (χ2v) is 9.73. The molecule has 3 aliphatic rings. The molecule has 2 aliphatic heterocycles. The Bertz CT molecular complexity index is 767. The highest BCUT2D eigenvalue weighted by atomic mass is 19.4. The third-order valence-corrected chi connectivity index (χ3v) is 7.51. The van der Waals surface area contributed by atoms with Crippen molar-refractivity contribution in [1.82, 2.24) is 10.2 Å². The number of amides is 1. The Labute approximate surface area is 188 Å². The molecule has 1 aliphatic carbocycles. The summed E-state index contributed by atoms with van der Waals surface area (Å²) in [7, 11) is 0. The minimum absolute atomic E-state index is 0.0410. The molecule has 0 spiro atoms. The number of fused-ring (bicyclic) bond motifs is 1. The van der Waals surface area contributed by atoms with Gasteiger partial charge in [0.2, 0.25) is 5.91 Å². The standard InChI is InChI=1S/C25H35F3N2O2/c26-25(27,28)13-8-24(31)29-20-6-4-18(5-7-20)9-14-30-15-10-19(11-16-30)21-2-1-3-23-22(21)12-17-32-23/h1-3,18-20H,4-17H2,(H,29,31)/t18-,20-. The molecule has 1 aromatic rings. The third-order valence-electron chi connectivity index (χ3n) is 7.51. The number of halogens is 3. The summed E-state index contributed by atoms with van der Waals surface area (Å²) in [5, 5.41) is 2.80. The topological polar surface area (TPSA) is 41.6 Å². The van der Waals surface area contributed by atoms with Crippen molar-refractivity contribution in [1.29, 1.82) is 0 Å². The summed E-state index contributed by atoms with van der Waals surface area (Å²) in [6, 6.07) is 6.54. The van der Waals surface area contributed by atoms with E-state index in [4.69, 9.17) is 4.74 Å². The van der Waals surface area contributed by atoms with E-state index in [-0.39, 0.29) is 6.04 Å². The summed E-state index contributed by atoms with van der Waals surface area (Å²) >= 11 is 0. The van der Waals surface area contributed by atoms with Gasteiger partial charge in [-0.2, -0.15) is 13.2 Å². The molecule has 178 valence electrons. The third kappa shape index (κ3) is 6.40. The van der Waals surface area contributed by atoms with Crippen LogP contribution in [0.15, 0.2) is 18.2 Å². The molecule has 0 aromatic heterocycles. The lowest BCUT2D eigenvalue weighted by Gasteiger charge is -2.35. The van der Waals surface area contributed by atoms with E-state index in [9.17, 15) is 18.0 Å². The molecular formula is C25H35F3N2O2. The van der Waals surface area contributed by atoms with Crippen molar-refractivity contribution in [3.05, 3.63) is 29.3 Å². The largest absolute Gasteiger partial charge is 0.493 e. The first-order valence-corrected chi connectivity index (χ1v) is 12.2. The number of carbonyl (C=O) groups excluding carboxylic acids is 1. The monoisotopic (exact) mass is 452 g/mol. The van der Waals surface area contributed by atoms with E-state index in [1.807, 2.05) is 0 Å². The minimum Gasteiger partial charge on any atom is -0.493 e. The zero-order valence-electron chi connectivity index (χ0n) is 18.8. The Morgan fingerprint density at radius 3 is 2.56 bits per heavy atom. The number of hydrogen-bond donors (Lipinski definition) is 1. The number of carbonyl (C=O) groups is 1. The molecule has 2 fully saturated rings. The fourth-order valence-corrected chi connectivity index (χ4v) is 5.61. The van der Waals surface area contributed by atoms with Gasteiger partial charge in [0.15, 0.2) is 0 Å². The van der Waals surface area contributed by atoms with Gasteiger partial charge in [0, 0.05) is 24.4 Å². The highest BCUT2D eigenvalue weighted by molar-refractivity contribution is 5.76. The fraction of sp³-hybridized carbons (Fsp3) is 0.720. The lowest BCUT2D eigenvalue weighted by molar-refractivity contribution is -0.144. The number of rotatable bonds is 7. The van der Waals surface area contributed by atoms with Crippen molar-refractivity contribution in [2.75, 3.05) is 26.2 Å². The molecule has 1 aromatic carbocycles. The van der Waals surface area contributed by atoms with Crippen molar-refractivity contribution in [2.45, 2.75) is 82.3 Å². The number of piperidine rings is 1. The van der Waals surface area contributed by atoms with E-state index >= 15 is 0 Å². The van der Waals surface area contributed by atoms with Crippen LogP contribution < -0.4 is 10.1 Å². The zero-order valence-corrected chi connectivity index (χ0v) is 18.8. The zero-order chi connectivity index (χ0) is 22.6. The van der Waals surface area contributed by atoms with Gasteiger partial charge in [0.1, 0.15) is 5.75 Å². The first kappa shape index (κ1) is 23.4. The minimum atomic E-state index is -4.26. The van der Waals surface area contributed by atoms with Gasteiger partial charge < -0.3 is 15.0 Å². The van der Waals surface area contributed by atoms with Crippen LogP contribution in [0.4, 0.5) is 13.2 Å². The smallest absolute Gasteiger partial charge is 0.389 e.